The van der Waals surface area contributed by atoms with Crippen LogP contribution < -0.4 is 0 Å². The number of nitrogens with zero attached hydrogens (tertiary/aromatic N) is 2. The Hall–Kier alpha value is -0.610. The predicted octanol–water partition coefficient (Wildman–Crippen LogP) is 0.311. The number of likely N-dealkylation sites (N-methyl/N-ethyl adjacent to an activating group) is 1. The molecule has 2 rings (SSSR count). The number of amides is 1. The molecule has 2 fully saturated rings. The predicted molar refractivity (Wildman–Crippen MR) is 62.0 cm³/mol. The molecule has 92 valence electrons. The number of aliphatic hydroxyl groups is 1. The van der Waals surface area contributed by atoms with Gasteiger partial charge in [0.25, 0.3) is 0 Å². The molecule has 1 aliphatic heterocycles. The number of rotatable bonds is 6. The van der Waals surface area contributed by atoms with Crippen molar-refractivity contribution in [1.29, 1.82) is 0 Å². The molecule has 0 bridgehead atoms. The van der Waals surface area contributed by atoms with Gasteiger partial charge in [-0.2, -0.15) is 0 Å². The molecule has 1 aliphatic carbocycles. The minimum Gasteiger partial charge on any atom is -0.396 e. The van der Waals surface area contributed by atoms with Crippen LogP contribution in [0.4, 0.5) is 0 Å². The second-order valence-electron chi connectivity index (χ2n) is 4.95. The third-order valence-corrected chi connectivity index (χ3v) is 3.68. The Morgan fingerprint density at radius 1 is 1.50 bits per heavy atom. The van der Waals surface area contributed by atoms with Crippen LogP contribution >= 0.6 is 0 Å². The third-order valence-electron chi connectivity index (χ3n) is 3.68. The van der Waals surface area contributed by atoms with Gasteiger partial charge in [0.15, 0.2) is 0 Å². The zero-order valence-corrected chi connectivity index (χ0v) is 10.1. The standard InChI is InChI=1S/C12H22N2O2/c1-2-13(11-3-4-11)5-6-14-8-10(9-15)7-12(14)16/h10-11,15H,2-9H2,1H3. The van der Waals surface area contributed by atoms with E-state index in [1.165, 1.54) is 12.8 Å². The Balaban J connectivity index is 1.74. The summed E-state index contributed by atoms with van der Waals surface area (Å²) in [7, 11) is 0. The van der Waals surface area contributed by atoms with Gasteiger partial charge in [0.2, 0.25) is 5.91 Å². The Morgan fingerprint density at radius 2 is 2.25 bits per heavy atom. The molecular weight excluding hydrogens is 204 g/mol. The molecule has 1 saturated heterocycles. The van der Waals surface area contributed by atoms with E-state index in [2.05, 4.69) is 11.8 Å². The summed E-state index contributed by atoms with van der Waals surface area (Å²) < 4.78 is 0. The highest BCUT2D eigenvalue weighted by Gasteiger charge is 2.31. The zero-order valence-electron chi connectivity index (χ0n) is 10.1. The number of aliphatic hydroxyl groups excluding tert-OH is 1. The zero-order chi connectivity index (χ0) is 11.5. The first-order valence-electron chi connectivity index (χ1n) is 6.37. The van der Waals surface area contributed by atoms with E-state index in [0.717, 1.165) is 32.2 Å². The summed E-state index contributed by atoms with van der Waals surface area (Å²) in [6, 6.07) is 0.774. The lowest BCUT2D eigenvalue weighted by atomic mass is 10.1. The third kappa shape index (κ3) is 2.74. The first kappa shape index (κ1) is 11.9. The number of hydrogen-bond donors (Lipinski definition) is 1. The number of hydrogen-bond acceptors (Lipinski definition) is 3. The van der Waals surface area contributed by atoms with Crippen molar-refractivity contribution in [3.8, 4) is 0 Å². The van der Waals surface area contributed by atoms with Gasteiger partial charge in [-0.25, -0.2) is 0 Å². The highest BCUT2D eigenvalue weighted by Crippen LogP contribution is 2.26. The highest BCUT2D eigenvalue weighted by atomic mass is 16.3. The molecule has 1 unspecified atom stereocenters. The first-order chi connectivity index (χ1) is 7.74. The lowest BCUT2D eigenvalue weighted by Crippen LogP contribution is -2.37. The average Bonchev–Trinajstić information content (AvgIpc) is 3.05. The van der Waals surface area contributed by atoms with Crippen molar-refractivity contribution in [2.24, 2.45) is 5.92 Å². The average molecular weight is 226 g/mol. The summed E-state index contributed by atoms with van der Waals surface area (Å²) in [6.07, 6.45) is 3.17. The number of carbonyl (C=O) groups is 1. The monoisotopic (exact) mass is 226 g/mol. The highest BCUT2D eigenvalue weighted by molar-refractivity contribution is 5.78. The van der Waals surface area contributed by atoms with E-state index in [1.807, 2.05) is 4.90 Å². The Bertz CT molecular complexity index is 253. The lowest BCUT2D eigenvalue weighted by Gasteiger charge is -2.24. The SMILES string of the molecule is CCN(CCN1CC(CO)CC1=O)C1CC1. The molecule has 0 radical (unpaired) electrons. The van der Waals surface area contributed by atoms with Gasteiger partial charge in [-0.15, -0.1) is 0 Å². The van der Waals surface area contributed by atoms with Gasteiger partial charge in [0.1, 0.15) is 0 Å². The van der Waals surface area contributed by atoms with Crippen molar-refractivity contribution >= 4 is 5.91 Å². The van der Waals surface area contributed by atoms with Crippen molar-refractivity contribution in [3.05, 3.63) is 0 Å². The van der Waals surface area contributed by atoms with Gasteiger partial charge in [-0.05, 0) is 19.4 Å². The molecule has 1 amide bonds. The molecular formula is C12H22N2O2. The van der Waals surface area contributed by atoms with Crippen molar-refractivity contribution in [1.82, 2.24) is 9.80 Å². The summed E-state index contributed by atoms with van der Waals surface area (Å²) in [4.78, 5) is 16.0. The van der Waals surface area contributed by atoms with Crippen LogP contribution in [0.25, 0.3) is 0 Å². The van der Waals surface area contributed by atoms with Gasteiger partial charge >= 0.3 is 0 Å². The molecule has 16 heavy (non-hydrogen) atoms. The van der Waals surface area contributed by atoms with E-state index >= 15 is 0 Å². The Kier molecular flexibility index (Phi) is 3.82. The second kappa shape index (κ2) is 5.15. The molecule has 0 aromatic carbocycles. The molecule has 0 aromatic rings. The van der Waals surface area contributed by atoms with Crippen LogP contribution in [0.3, 0.4) is 0 Å². The van der Waals surface area contributed by atoms with Gasteiger partial charge in [-0.1, -0.05) is 6.92 Å². The normalized spacial score (nSPS) is 25.8. The molecule has 4 nitrogen and oxygen atoms in total. The minimum atomic E-state index is 0.141. The van der Waals surface area contributed by atoms with Gasteiger partial charge in [0, 0.05) is 44.6 Å². The van der Waals surface area contributed by atoms with Crippen LogP contribution in [0.1, 0.15) is 26.2 Å². The lowest BCUT2D eigenvalue weighted by molar-refractivity contribution is -0.127. The van der Waals surface area contributed by atoms with Crippen molar-refractivity contribution in [2.45, 2.75) is 32.2 Å². The fourth-order valence-electron chi connectivity index (χ4n) is 2.48. The fourth-order valence-corrected chi connectivity index (χ4v) is 2.48. The fraction of sp³-hybridized carbons (Fsp3) is 0.917. The summed E-state index contributed by atoms with van der Waals surface area (Å²) in [6.45, 7) is 5.97. The van der Waals surface area contributed by atoms with E-state index in [1.54, 1.807) is 0 Å². The van der Waals surface area contributed by atoms with Gasteiger partial charge in [-0.3, -0.25) is 9.69 Å². The summed E-state index contributed by atoms with van der Waals surface area (Å²) in [5, 5.41) is 9.03. The number of carbonyl (C=O) groups excluding carboxylic acids is 1. The van der Waals surface area contributed by atoms with E-state index in [9.17, 15) is 4.79 Å². The molecule has 1 heterocycles. The molecule has 0 spiro atoms. The van der Waals surface area contributed by atoms with E-state index in [0.29, 0.717) is 6.42 Å². The van der Waals surface area contributed by atoms with Crippen LogP contribution in [0.5, 0.6) is 0 Å². The van der Waals surface area contributed by atoms with E-state index in [-0.39, 0.29) is 18.4 Å². The van der Waals surface area contributed by atoms with Crippen LogP contribution in [0.15, 0.2) is 0 Å². The second-order valence-corrected chi connectivity index (χ2v) is 4.95. The van der Waals surface area contributed by atoms with Crippen molar-refractivity contribution in [2.75, 3.05) is 32.8 Å². The van der Waals surface area contributed by atoms with Crippen LogP contribution in [0.2, 0.25) is 0 Å². The molecule has 1 atom stereocenters. The largest absolute Gasteiger partial charge is 0.396 e. The van der Waals surface area contributed by atoms with E-state index in [4.69, 9.17) is 5.11 Å². The molecule has 4 heteroatoms. The summed E-state index contributed by atoms with van der Waals surface area (Å²) >= 11 is 0. The van der Waals surface area contributed by atoms with Crippen molar-refractivity contribution in [3.63, 3.8) is 0 Å². The van der Waals surface area contributed by atoms with E-state index < -0.39 is 0 Å². The maximum Gasteiger partial charge on any atom is 0.223 e. The Morgan fingerprint density at radius 3 is 2.75 bits per heavy atom. The molecule has 1 N–H and O–H groups in total. The molecule has 1 saturated carbocycles. The summed E-state index contributed by atoms with van der Waals surface area (Å²) in [5.74, 6) is 0.384. The number of likely N-dealkylation sites (tertiary alicyclic amines) is 1. The van der Waals surface area contributed by atoms with Gasteiger partial charge in [0.05, 0.1) is 0 Å². The van der Waals surface area contributed by atoms with Crippen molar-refractivity contribution < 1.29 is 9.90 Å². The molecule has 2 aliphatic rings. The van der Waals surface area contributed by atoms with Crippen LogP contribution in [-0.4, -0.2) is 59.6 Å². The maximum absolute atomic E-state index is 11.6. The summed E-state index contributed by atoms with van der Waals surface area (Å²) in [5.41, 5.74) is 0. The van der Waals surface area contributed by atoms with Crippen LogP contribution in [0, 0.1) is 5.92 Å². The topological polar surface area (TPSA) is 43.8 Å². The quantitative estimate of drug-likeness (QED) is 0.709. The first-order valence-corrected chi connectivity index (χ1v) is 6.37. The Labute approximate surface area is 97.2 Å². The maximum atomic E-state index is 11.6. The minimum absolute atomic E-state index is 0.141. The van der Waals surface area contributed by atoms with Crippen LogP contribution in [-0.2, 0) is 4.79 Å². The molecule has 0 aromatic heterocycles. The van der Waals surface area contributed by atoms with Gasteiger partial charge < -0.3 is 10.0 Å². The smallest absolute Gasteiger partial charge is 0.223 e.